The van der Waals surface area contributed by atoms with Crippen molar-refractivity contribution in [2.45, 2.75) is 89.4 Å². The zero-order chi connectivity index (χ0) is 22.0. The maximum Gasteiger partial charge on any atom is 0.194 e. The number of alkyl halides is 1. The van der Waals surface area contributed by atoms with Crippen LogP contribution >= 0.6 is 0 Å². The van der Waals surface area contributed by atoms with Crippen LogP contribution in [0.25, 0.3) is 0 Å². The number of carbonyl (C=O) groups is 1. The molecule has 1 saturated heterocycles. The van der Waals surface area contributed by atoms with Crippen LogP contribution < -0.4 is 0 Å². The SMILES string of the molecule is CC1(C)OC[C@@H](C(=O)[C@H](O[Si](C)(C)C(C)(C)C)[C@@H](O)[C@@H](F)Cc2ccccc2)O1. The van der Waals surface area contributed by atoms with Gasteiger partial charge in [-0.25, -0.2) is 4.39 Å². The van der Waals surface area contributed by atoms with E-state index in [2.05, 4.69) is 0 Å². The highest BCUT2D eigenvalue weighted by molar-refractivity contribution is 6.74. The highest BCUT2D eigenvalue weighted by Crippen LogP contribution is 2.38. The molecule has 1 aliphatic rings. The maximum atomic E-state index is 15.1. The molecule has 164 valence electrons. The lowest BCUT2D eigenvalue weighted by molar-refractivity contribution is -0.161. The summed E-state index contributed by atoms with van der Waals surface area (Å²) in [5.41, 5.74) is 0.749. The van der Waals surface area contributed by atoms with Gasteiger partial charge in [0.15, 0.2) is 19.9 Å². The predicted octanol–water partition coefficient (Wildman–Crippen LogP) is 4.04. The van der Waals surface area contributed by atoms with E-state index in [-0.39, 0.29) is 18.1 Å². The summed E-state index contributed by atoms with van der Waals surface area (Å²) in [6.07, 6.45) is -5.44. The van der Waals surface area contributed by atoms with Gasteiger partial charge in [-0.05, 0) is 37.5 Å². The summed E-state index contributed by atoms with van der Waals surface area (Å²) in [6, 6.07) is 9.06. The Kier molecular flexibility index (Phi) is 7.44. The van der Waals surface area contributed by atoms with E-state index in [1.807, 2.05) is 52.1 Å². The predicted molar refractivity (Wildman–Crippen MR) is 113 cm³/mol. The van der Waals surface area contributed by atoms with Crippen LogP contribution in [0.2, 0.25) is 18.1 Å². The number of halogens is 1. The van der Waals surface area contributed by atoms with Crippen LogP contribution in [0.5, 0.6) is 0 Å². The summed E-state index contributed by atoms with van der Waals surface area (Å²) in [7, 11) is -2.46. The van der Waals surface area contributed by atoms with E-state index in [1.165, 1.54) is 0 Å². The number of aliphatic hydroxyl groups is 1. The summed E-state index contributed by atoms with van der Waals surface area (Å²) in [6.45, 7) is 13.5. The summed E-state index contributed by atoms with van der Waals surface area (Å²) in [5, 5.41) is 10.6. The summed E-state index contributed by atoms with van der Waals surface area (Å²) in [5.74, 6) is -1.37. The number of ketones is 1. The molecule has 0 unspecified atom stereocenters. The molecule has 1 fully saturated rings. The number of benzene rings is 1. The van der Waals surface area contributed by atoms with Gasteiger partial charge in [0, 0.05) is 6.42 Å². The number of hydrogen-bond acceptors (Lipinski definition) is 5. The van der Waals surface area contributed by atoms with Crippen LogP contribution in [0.1, 0.15) is 40.2 Å². The second-order valence-electron chi connectivity index (χ2n) is 9.71. The number of carbonyl (C=O) groups excluding carboxylic acids is 1. The van der Waals surface area contributed by atoms with Crippen molar-refractivity contribution in [3.05, 3.63) is 35.9 Å². The van der Waals surface area contributed by atoms with Gasteiger partial charge in [0.05, 0.1) is 6.61 Å². The van der Waals surface area contributed by atoms with Crippen molar-refractivity contribution < 1.29 is 28.2 Å². The zero-order valence-corrected chi connectivity index (χ0v) is 19.6. The Morgan fingerprint density at radius 3 is 2.38 bits per heavy atom. The van der Waals surface area contributed by atoms with Gasteiger partial charge in [0.1, 0.15) is 24.5 Å². The number of ether oxygens (including phenoxy) is 2. The standard InChI is InChI=1S/C22H35FO5Si/c1-21(2,3)29(6,7)28-20(19(25)17-14-26-22(4,5)27-17)18(24)16(23)13-15-11-9-8-10-12-15/h8-12,16-18,20,24H,13-14H2,1-7H3/t16-,17-,18-,20+/m0/s1. The zero-order valence-electron chi connectivity index (χ0n) is 18.6. The lowest BCUT2D eigenvalue weighted by Crippen LogP contribution is -2.55. The molecule has 0 bridgehead atoms. The van der Waals surface area contributed by atoms with Gasteiger partial charge in [0.2, 0.25) is 0 Å². The van der Waals surface area contributed by atoms with Gasteiger partial charge in [-0.1, -0.05) is 51.1 Å². The summed E-state index contributed by atoms with van der Waals surface area (Å²) >= 11 is 0. The van der Waals surface area contributed by atoms with Gasteiger partial charge in [-0.2, -0.15) is 0 Å². The number of rotatable bonds is 8. The second kappa shape index (κ2) is 8.94. The van der Waals surface area contributed by atoms with Gasteiger partial charge < -0.3 is 19.0 Å². The number of Topliss-reactive ketones (excluding diaryl/α,β-unsaturated/α-hetero) is 1. The molecule has 2 rings (SSSR count). The van der Waals surface area contributed by atoms with Crippen molar-refractivity contribution in [2.75, 3.05) is 6.61 Å². The smallest absolute Gasteiger partial charge is 0.194 e. The minimum Gasteiger partial charge on any atom is -0.404 e. The van der Waals surface area contributed by atoms with Gasteiger partial charge in [-0.15, -0.1) is 0 Å². The molecule has 1 aromatic carbocycles. The average Bonchev–Trinajstić information content (AvgIpc) is 2.98. The maximum absolute atomic E-state index is 15.1. The fraction of sp³-hybridized carbons (Fsp3) is 0.682. The van der Waals surface area contributed by atoms with Gasteiger partial charge >= 0.3 is 0 Å². The first-order chi connectivity index (χ1) is 13.2. The number of aliphatic hydroxyl groups excluding tert-OH is 1. The molecule has 0 aromatic heterocycles. The molecule has 29 heavy (non-hydrogen) atoms. The molecule has 1 heterocycles. The van der Waals surface area contributed by atoms with Crippen LogP contribution in [0.15, 0.2) is 30.3 Å². The quantitative estimate of drug-likeness (QED) is 0.636. The average molecular weight is 427 g/mol. The molecule has 0 radical (unpaired) electrons. The minimum atomic E-state index is -2.46. The van der Waals surface area contributed by atoms with E-state index in [1.54, 1.807) is 26.0 Å². The van der Waals surface area contributed by atoms with Gasteiger partial charge in [-0.3, -0.25) is 4.79 Å². The van der Waals surface area contributed by atoms with Crippen molar-refractivity contribution in [2.24, 2.45) is 0 Å². The molecular formula is C22H35FO5Si. The van der Waals surface area contributed by atoms with E-state index in [4.69, 9.17) is 13.9 Å². The first kappa shape index (κ1) is 24.1. The number of hydrogen-bond donors (Lipinski definition) is 1. The van der Waals surface area contributed by atoms with Crippen LogP contribution in [0.3, 0.4) is 0 Å². The Bertz CT molecular complexity index is 686. The molecule has 1 aliphatic heterocycles. The Balaban J connectivity index is 2.24. The van der Waals surface area contributed by atoms with E-state index in [0.717, 1.165) is 5.56 Å². The van der Waals surface area contributed by atoms with Crippen LogP contribution in [-0.4, -0.2) is 56.1 Å². The highest BCUT2D eigenvalue weighted by Gasteiger charge is 2.48. The summed E-state index contributed by atoms with van der Waals surface area (Å²) in [4.78, 5) is 13.2. The molecule has 0 aliphatic carbocycles. The minimum absolute atomic E-state index is 0.000164. The Labute approximate surface area is 174 Å². The molecule has 1 N–H and O–H groups in total. The molecule has 0 amide bonds. The topological polar surface area (TPSA) is 65.0 Å². The van der Waals surface area contributed by atoms with Crippen molar-refractivity contribution in [3.8, 4) is 0 Å². The largest absolute Gasteiger partial charge is 0.404 e. The third kappa shape index (κ3) is 6.18. The van der Waals surface area contributed by atoms with Crippen LogP contribution in [0.4, 0.5) is 4.39 Å². The molecule has 0 saturated carbocycles. The lowest BCUT2D eigenvalue weighted by atomic mass is 9.97. The van der Waals surface area contributed by atoms with E-state index in [9.17, 15) is 9.90 Å². The van der Waals surface area contributed by atoms with E-state index < -0.39 is 44.4 Å². The Morgan fingerprint density at radius 2 is 1.90 bits per heavy atom. The molecule has 1 aromatic rings. The second-order valence-corrected chi connectivity index (χ2v) is 14.5. The first-order valence-electron chi connectivity index (χ1n) is 10.1. The van der Waals surface area contributed by atoms with Crippen LogP contribution in [-0.2, 0) is 25.1 Å². The van der Waals surface area contributed by atoms with Crippen LogP contribution in [0, 0.1) is 0 Å². The molecule has 7 heteroatoms. The molecular weight excluding hydrogens is 391 g/mol. The molecule has 0 spiro atoms. The van der Waals surface area contributed by atoms with Crippen molar-refractivity contribution in [1.82, 2.24) is 0 Å². The lowest BCUT2D eigenvalue weighted by Gasteiger charge is -2.40. The highest BCUT2D eigenvalue weighted by atomic mass is 28.4. The fourth-order valence-electron chi connectivity index (χ4n) is 2.95. The third-order valence-corrected chi connectivity index (χ3v) is 10.2. The van der Waals surface area contributed by atoms with E-state index in [0.29, 0.717) is 0 Å². The summed E-state index contributed by atoms with van der Waals surface area (Å²) < 4.78 is 32.5. The Morgan fingerprint density at radius 1 is 1.31 bits per heavy atom. The molecule has 5 nitrogen and oxygen atoms in total. The monoisotopic (exact) mass is 426 g/mol. The van der Waals surface area contributed by atoms with Gasteiger partial charge in [0.25, 0.3) is 0 Å². The van der Waals surface area contributed by atoms with Crippen molar-refractivity contribution in [1.29, 1.82) is 0 Å². The fourth-order valence-corrected chi connectivity index (χ4v) is 4.19. The van der Waals surface area contributed by atoms with Crippen molar-refractivity contribution in [3.63, 3.8) is 0 Å². The Hall–Kier alpha value is -1.12. The van der Waals surface area contributed by atoms with E-state index >= 15 is 4.39 Å². The third-order valence-electron chi connectivity index (χ3n) is 5.79. The van der Waals surface area contributed by atoms with Crippen molar-refractivity contribution >= 4 is 14.1 Å². The first-order valence-corrected chi connectivity index (χ1v) is 13.0. The normalized spacial score (nSPS) is 22.9. The molecule has 4 atom stereocenters.